The zero-order chi connectivity index (χ0) is 10.6. The first-order valence-electron chi connectivity index (χ1n) is 4.79. The van der Waals surface area contributed by atoms with Crippen molar-refractivity contribution in [3.05, 3.63) is 11.8 Å². The highest BCUT2D eigenvalue weighted by atomic mass is 16.4. The maximum atomic E-state index is 8.93. The average Bonchev–Trinajstić information content (AvgIpc) is 2.64. The summed E-state index contributed by atoms with van der Waals surface area (Å²) in [6.45, 7) is 4.62. The van der Waals surface area contributed by atoms with Crippen molar-refractivity contribution in [2.45, 2.75) is 32.9 Å². The van der Waals surface area contributed by atoms with E-state index in [1.54, 1.807) is 0 Å². The molecule has 0 saturated carbocycles. The molecular formula is C9H17N3O2. The molecule has 80 valence electrons. The number of hydrogen-bond donors (Lipinski definition) is 1. The highest BCUT2D eigenvalue weighted by Crippen LogP contribution is 2.05. The van der Waals surface area contributed by atoms with E-state index in [1.807, 2.05) is 25.8 Å². The van der Waals surface area contributed by atoms with Crippen molar-refractivity contribution in [1.29, 1.82) is 0 Å². The van der Waals surface area contributed by atoms with Gasteiger partial charge in [-0.15, -0.1) is 10.2 Å². The Bertz CT molecular complexity index is 275. The summed E-state index contributed by atoms with van der Waals surface area (Å²) in [5, 5.41) is 16.7. The van der Waals surface area contributed by atoms with Crippen LogP contribution in [0.1, 0.15) is 25.6 Å². The Morgan fingerprint density at radius 2 is 2.07 bits per heavy atom. The molecule has 1 atom stereocenters. The molecule has 1 unspecified atom stereocenters. The van der Waals surface area contributed by atoms with E-state index in [2.05, 4.69) is 10.2 Å². The van der Waals surface area contributed by atoms with E-state index in [1.165, 1.54) is 0 Å². The molecule has 5 nitrogen and oxygen atoms in total. The summed E-state index contributed by atoms with van der Waals surface area (Å²) in [7, 11) is 1.91. The Labute approximate surface area is 83.7 Å². The van der Waals surface area contributed by atoms with Gasteiger partial charge in [-0.05, 0) is 14.0 Å². The second kappa shape index (κ2) is 5.07. The molecule has 0 fully saturated rings. The van der Waals surface area contributed by atoms with Crippen LogP contribution in [0, 0.1) is 0 Å². The van der Waals surface area contributed by atoms with Crippen LogP contribution in [0.15, 0.2) is 4.42 Å². The predicted molar refractivity (Wildman–Crippen MR) is 51.7 cm³/mol. The van der Waals surface area contributed by atoms with E-state index in [0.29, 0.717) is 18.3 Å². The summed E-state index contributed by atoms with van der Waals surface area (Å²) >= 11 is 0. The van der Waals surface area contributed by atoms with Crippen LogP contribution in [0.2, 0.25) is 0 Å². The molecule has 0 bridgehead atoms. The van der Waals surface area contributed by atoms with Crippen LogP contribution in [0.3, 0.4) is 0 Å². The molecule has 0 aliphatic heterocycles. The van der Waals surface area contributed by atoms with E-state index in [-0.39, 0.29) is 12.6 Å². The normalized spacial score (nSPS) is 13.5. The number of likely N-dealkylation sites (N-methyl/N-ethyl adjacent to an activating group) is 1. The van der Waals surface area contributed by atoms with Gasteiger partial charge in [0, 0.05) is 12.5 Å². The largest absolute Gasteiger partial charge is 0.424 e. The zero-order valence-corrected chi connectivity index (χ0v) is 8.90. The topological polar surface area (TPSA) is 62.4 Å². The van der Waals surface area contributed by atoms with E-state index < -0.39 is 0 Å². The molecule has 0 saturated heterocycles. The lowest BCUT2D eigenvalue weighted by atomic mass is 10.3. The Morgan fingerprint density at radius 1 is 1.43 bits per heavy atom. The van der Waals surface area contributed by atoms with Gasteiger partial charge in [0.1, 0.15) is 0 Å². The minimum absolute atomic E-state index is 0.104. The minimum atomic E-state index is 0.104. The van der Waals surface area contributed by atoms with E-state index >= 15 is 0 Å². The number of aryl methyl sites for hydroxylation is 1. The lowest BCUT2D eigenvalue weighted by molar-refractivity contribution is 0.144. The molecular weight excluding hydrogens is 182 g/mol. The maximum Gasteiger partial charge on any atom is 0.230 e. The zero-order valence-electron chi connectivity index (χ0n) is 8.90. The van der Waals surface area contributed by atoms with Crippen molar-refractivity contribution in [2.24, 2.45) is 0 Å². The van der Waals surface area contributed by atoms with Crippen LogP contribution in [0.4, 0.5) is 0 Å². The van der Waals surface area contributed by atoms with Gasteiger partial charge in [-0.3, -0.25) is 4.90 Å². The lowest BCUT2D eigenvalue weighted by Gasteiger charge is -2.20. The fourth-order valence-electron chi connectivity index (χ4n) is 1.00. The van der Waals surface area contributed by atoms with Gasteiger partial charge in [0.15, 0.2) is 0 Å². The molecule has 0 spiro atoms. The molecule has 1 aromatic rings. The molecule has 5 heteroatoms. The standard InChI is InChI=1S/C9H17N3O2/c1-4-8-10-11-9(14-8)5-12(3)7(2)6-13/h7,13H,4-6H2,1-3H3. The fraction of sp³-hybridized carbons (Fsp3) is 0.778. The molecule has 0 radical (unpaired) electrons. The monoisotopic (exact) mass is 199 g/mol. The van der Waals surface area contributed by atoms with Gasteiger partial charge >= 0.3 is 0 Å². The van der Waals surface area contributed by atoms with E-state index in [4.69, 9.17) is 9.52 Å². The second-order valence-electron chi connectivity index (χ2n) is 3.39. The van der Waals surface area contributed by atoms with Gasteiger partial charge in [-0.2, -0.15) is 0 Å². The quantitative estimate of drug-likeness (QED) is 0.745. The van der Waals surface area contributed by atoms with Crippen molar-refractivity contribution in [3.63, 3.8) is 0 Å². The highest BCUT2D eigenvalue weighted by molar-refractivity contribution is 4.81. The van der Waals surface area contributed by atoms with Crippen LogP contribution in [0.5, 0.6) is 0 Å². The summed E-state index contributed by atoms with van der Waals surface area (Å²) in [5.74, 6) is 1.26. The third-order valence-electron chi connectivity index (χ3n) is 2.21. The number of rotatable bonds is 5. The number of aromatic nitrogens is 2. The minimum Gasteiger partial charge on any atom is -0.424 e. The van der Waals surface area contributed by atoms with Crippen LogP contribution in [-0.2, 0) is 13.0 Å². The Morgan fingerprint density at radius 3 is 2.57 bits per heavy atom. The summed E-state index contributed by atoms with van der Waals surface area (Å²) in [5.41, 5.74) is 0. The molecule has 1 heterocycles. The second-order valence-corrected chi connectivity index (χ2v) is 3.39. The fourth-order valence-corrected chi connectivity index (χ4v) is 1.00. The van der Waals surface area contributed by atoms with Crippen molar-refractivity contribution < 1.29 is 9.52 Å². The Balaban J connectivity index is 2.51. The summed E-state index contributed by atoms with van der Waals surface area (Å²) in [6, 6.07) is 0.104. The third-order valence-corrected chi connectivity index (χ3v) is 2.21. The van der Waals surface area contributed by atoms with Gasteiger partial charge in [0.05, 0.1) is 13.2 Å². The molecule has 0 aliphatic carbocycles. The van der Waals surface area contributed by atoms with Crippen LogP contribution < -0.4 is 0 Å². The van der Waals surface area contributed by atoms with Crippen molar-refractivity contribution in [2.75, 3.05) is 13.7 Å². The van der Waals surface area contributed by atoms with Gasteiger partial charge < -0.3 is 9.52 Å². The maximum absolute atomic E-state index is 8.93. The molecule has 14 heavy (non-hydrogen) atoms. The average molecular weight is 199 g/mol. The lowest BCUT2D eigenvalue weighted by Crippen LogP contribution is -2.31. The molecule has 0 aromatic carbocycles. The summed E-state index contributed by atoms with van der Waals surface area (Å²) in [6.07, 6.45) is 0.756. The van der Waals surface area contributed by atoms with Gasteiger partial charge in [-0.1, -0.05) is 6.92 Å². The van der Waals surface area contributed by atoms with E-state index in [0.717, 1.165) is 6.42 Å². The molecule has 1 N–H and O–H groups in total. The number of hydrogen-bond acceptors (Lipinski definition) is 5. The van der Waals surface area contributed by atoms with Gasteiger partial charge in [-0.25, -0.2) is 0 Å². The van der Waals surface area contributed by atoms with Gasteiger partial charge in [0.25, 0.3) is 0 Å². The van der Waals surface area contributed by atoms with Crippen molar-refractivity contribution >= 4 is 0 Å². The van der Waals surface area contributed by atoms with Gasteiger partial charge in [0.2, 0.25) is 11.8 Å². The summed E-state index contributed by atoms with van der Waals surface area (Å²) < 4.78 is 5.35. The smallest absolute Gasteiger partial charge is 0.230 e. The Kier molecular flexibility index (Phi) is 4.03. The van der Waals surface area contributed by atoms with Crippen LogP contribution >= 0.6 is 0 Å². The first-order chi connectivity index (χ1) is 6.67. The molecule has 0 amide bonds. The van der Waals surface area contributed by atoms with Crippen molar-refractivity contribution in [1.82, 2.24) is 15.1 Å². The third kappa shape index (κ3) is 2.78. The molecule has 1 rings (SSSR count). The predicted octanol–water partition coefficient (Wildman–Crippen LogP) is 0.445. The summed E-state index contributed by atoms with van der Waals surface area (Å²) in [4.78, 5) is 1.97. The van der Waals surface area contributed by atoms with Crippen LogP contribution in [-0.4, -0.2) is 39.9 Å². The molecule has 1 aromatic heterocycles. The van der Waals surface area contributed by atoms with Crippen molar-refractivity contribution in [3.8, 4) is 0 Å². The molecule has 0 aliphatic rings. The van der Waals surface area contributed by atoms with E-state index in [9.17, 15) is 0 Å². The Hall–Kier alpha value is -0.940. The number of nitrogens with zero attached hydrogens (tertiary/aromatic N) is 3. The first kappa shape index (κ1) is 11.1. The highest BCUT2D eigenvalue weighted by Gasteiger charge is 2.12. The first-order valence-corrected chi connectivity index (χ1v) is 4.79. The number of aliphatic hydroxyl groups excluding tert-OH is 1. The van der Waals surface area contributed by atoms with Crippen LogP contribution in [0.25, 0.3) is 0 Å². The number of aliphatic hydroxyl groups is 1. The SMILES string of the molecule is CCc1nnc(CN(C)C(C)CO)o1.